The molecule has 3 aliphatic rings. The minimum atomic E-state index is -0.183. The van der Waals surface area contributed by atoms with Gasteiger partial charge in [-0.25, -0.2) is 4.79 Å². The van der Waals surface area contributed by atoms with E-state index >= 15 is 0 Å². The Bertz CT molecular complexity index is 518. The fraction of sp³-hybridized carbons (Fsp3) is 0.889. The van der Waals surface area contributed by atoms with Crippen LogP contribution in [0.1, 0.15) is 46.5 Å². The summed E-state index contributed by atoms with van der Waals surface area (Å²) in [7, 11) is 1.74. The van der Waals surface area contributed by atoms with Gasteiger partial charge in [-0.3, -0.25) is 4.79 Å². The van der Waals surface area contributed by atoms with E-state index in [-0.39, 0.29) is 34.9 Å². The summed E-state index contributed by atoms with van der Waals surface area (Å²) < 4.78 is 5.63. The standard InChI is InChI=1S/C18H31N3O3/c1-17(2)14(12-18(17,3)24-4)19-16(23)21-9-5-8-20(10-11-21)15(22)13-6-7-13/h13-14H,5-12H2,1-4H3,(H,19,23)/t14-,18-/m1/s1. The van der Waals surface area contributed by atoms with Crippen LogP contribution in [0.2, 0.25) is 0 Å². The molecule has 2 atom stereocenters. The lowest BCUT2D eigenvalue weighted by molar-refractivity contribution is -0.177. The van der Waals surface area contributed by atoms with Crippen molar-refractivity contribution in [2.45, 2.75) is 58.1 Å². The number of nitrogens with one attached hydrogen (secondary N) is 1. The molecule has 0 aromatic carbocycles. The third kappa shape index (κ3) is 3.01. The van der Waals surface area contributed by atoms with E-state index in [0.717, 1.165) is 38.8 Å². The van der Waals surface area contributed by atoms with Crippen LogP contribution in [0.25, 0.3) is 0 Å². The van der Waals surface area contributed by atoms with Crippen LogP contribution < -0.4 is 5.32 Å². The highest BCUT2D eigenvalue weighted by molar-refractivity contribution is 5.81. The normalized spacial score (nSPS) is 32.8. The van der Waals surface area contributed by atoms with Gasteiger partial charge in [0.25, 0.3) is 0 Å². The third-order valence-corrected chi connectivity index (χ3v) is 6.60. The number of carbonyl (C=O) groups is 2. The predicted molar refractivity (Wildman–Crippen MR) is 91.6 cm³/mol. The van der Waals surface area contributed by atoms with Gasteiger partial charge in [0.05, 0.1) is 5.60 Å². The number of rotatable bonds is 3. The number of nitrogens with zero attached hydrogens (tertiary/aromatic N) is 2. The lowest BCUT2D eigenvalue weighted by Gasteiger charge is -2.59. The average Bonchev–Trinajstić information content (AvgIpc) is 3.39. The maximum absolute atomic E-state index is 12.6. The monoisotopic (exact) mass is 337 g/mol. The van der Waals surface area contributed by atoms with E-state index in [0.29, 0.717) is 13.1 Å². The van der Waals surface area contributed by atoms with Gasteiger partial charge < -0.3 is 19.9 Å². The van der Waals surface area contributed by atoms with Gasteiger partial charge >= 0.3 is 6.03 Å². The van der Waals surface area contributed by atoms with Gasteiger partial charge in [0.15, 0.2) is 0 Å². The summed E-state index contributed by atoms with van der Waals surface area (Å²) in [4.78, 5) is 28.6. The zero-order chi connectivity index (χ0) is 17.5. The van der Waals surface area contributed by atoms with Crippen molar-refractivity contribution in [1.29, 1.82) is 0 Å². The Morgan fingerprint density at radius 1 is 1.04 bits per heavy atom. The highest BCUT2D eigenvalue weighted by atomic mass is 16.5. The molecule has 0 radical (unpaired) electrons. The van der Waals surface area contributed by atoms with Crippen molar-refractivity contribution < 1.29 is 14.3 Å². The van der Waals surface area contributed by atoms with Crippen molar-refractivity contribution in [3.63, 3.8) is 0 Å². The molecule has 0 aromatic rings. The number of carbonyl (C=O) groups excluding carboxylic acids is 2. The maximum Gasteiger partial charge on any atom is 0.317 e. The number of hydrogen-bond acceptors (Lipinski definition) is 3. The highest BCUT2D eigenvalue weighted by Crippen LogP contribution is 2.51. The summed E-state index contributed by atoms with van der Waals surface area (Å²) in [5, 5.41) is 3.18. The Hall–Kier alpha value is -1.30. The lowest BCUT2D eigenvalue weighted by atomic mass is 9.56. The van der Waals surface area contributed by atoms with E-state index in [4.69, 9.17) is 4.74 Å². The zero-order valence-electron chi connectivity index (χ0n) is 15.4. The predicted octanol–water partition coefficient (Wildman–Crippen LogP) is 1.84. The summed E-state index contributed by atoms with van der Waals surface area (Å²) in [6, 6.07) is 0.120. The van der Waals surface area contributed by atoms with Crippen LogP contribution in [0.3, 0.4) is 0 Å². The van der Waals surface area contributed by atoms with Gasteiger partial charge in [-0.05, 0) is 32.6 Å². The molecule has 0 aromatic heterocycles. The second-order valence-corrected chi connectivity index (χ2v) is 8.30. The molecule has 136 valence electrons. The van der Waals surface area contributed by atoms with Crippen molar-refractivity contribution >= 4 is 11.9 Å². The Morgan fingerprint density at radius 3 is 2.25 bits per heavy atom. The lowest BCUT2D eigenvalue weighted by Crippen LogP contribution is -2.69. The maximum atomic E-state index is 12.6. The second kappa shape index (κ2) is 6.21. The number of methoxy groups -OCH3 is 1. The molecule has 24 heavy (non-hydrogen) atoms. The van der Waals surface area contributed by atoms with Crippen LogP contribution in [0, 0.1) is 11.3 Å². The largest absolute Gasteiger partial charge is 0.378 e. The number of amides is 3. The SMILES string of the molecule is CO[C@]1(C)C[C@@H](NC(=O)N2CCCN(C(=O)C3CC3)CC2)C1(C)C. The number of hydrogen-bond donors (Lipinski definition) is 1. The molecule has 2 saturated carbocycles. The fourth-order valence-corrected chi connectivity index (χ4v) is 3.89. The summed E-state index contributed by atoms with van der Waals surface area (Å²) in [6.45, 7) is 9.16. The molecular weight excluding hydrogens is 306 g/mol. The molecule has 3 amide bonds. The molecule has 1 N–H and O–H groups in total. The number of urea groups is 1. The fourth-order valence-electron chi connectivity index (χ4n) is 3.89. The van der Waals surface area contributed by atoms with E-state index in [9.17, 15) is 9.59 Å². The van der Waals surface area contributed by atoms with Crippen LogP contribution >= 0.6 is 0 Å². The van der Waals surface area contributed by atoms with Gasteiger partial charge in [0.2, 0.25) is 5.91 Å². The molecule has 1 saturated heterocycles. The summed E-state index contributed by atoms with van der Waals surface area (Å²) in [5.74, 6) is 0.543. The zero-order valence-corrected chi connectivity index (χ0v) is 15.4. The molecule has 1 aliphatic heterocycles. The van der Waals surface area contributed by atoms with E-state index in [1.807, 2.05) is 9.80 Å². The van der Waals surface area contributed by atoms with Gasteiger partial charge in [-0.1, -0.05) is 13.8 Å². The average molecular weight is 337 g/mol. The smallest absolute Gasteiger partial charge is 0.317 e. The minimum Gasteiger partial charge on any atom is -0.378 e. The Kier molecular flexibility index (Phi) is 4.53. The van der Waals surface area contributed by atoms with Gasteiger partial charge in [-0.2, -0.15) is 0 Å². The van der Waals surface area contributed by atoms with Crippen LogP contribution in [0.4, 0.5) is 4.79 Å². The first-order valence-electron chi connectivity index (χ1n) is 9.18. The van der Waals surface area contributed by atoms with Gasteiger partial charge in [0, 0.05) is 50.7 Å². The van der Waals surface area contributed by atoms with Crippen LogP contribution in [-0.2, 0) is 9.53 Å². The highest BCUT2D eigenvalue weighted by Gasteiger charge is 2.58. The topological polar surface area (TPSA) is 61.9 Å². The molecule has 0 unspecified atom stereocenters. The molecular formula is C18H31N3O3. The van der Waals surface area contributed by atoms with Crippen LogP contribution in [0.15, 0.2) is 0 Å². The van der Waals surface area contributed by atoms with E-state index in [2.05, 4.69) is 26.1 Å². The first-order chi connectivity index (χ1) is 11.3. The van der Waals surface area contributed by atoms with Crippen LogP contribution in [-0.4, -0.2) is 66.7 Å². The molecule has 6 heteroatoms. The van der Waals surface area contributed by atoms with Gasteiger partial charge in [-0.15, -0.1) is 0 Å². The Balaban J connectivity index is 1.52. The van der Waals surface area contributed by atoms with Crippen molar-refractivity contribution in [2.75, 3.05) is 33.3 Å². The van der Waals surface area contributed by atoms with Gasteiger partial charge in [0.1, 0.15) is 0 Å². The Morgan fingerprint density at radius 2 is 1.67 bits per heavy atom. The molecule has 2 aliphatic carbocycles. The quantitative estimate of drug-likeness (QED) is 0.855. The Labute approximate surface area is 144 Å². The van der Waals surface area contributed by atoms with Crippen molar-refractivity contribution in [2.24, 2.45) is 11.3 Å². The number of ether oxygens (including phenoxy) is 1. The molecule has 0 spiro atoms. The first-order valence-corrected chi connectivity index (χ1v) is 9.18. The molecule has 6 nitrogen and oxygen atoms in total. The molecule has 1 heterocycles. The van der Waals surface area contributed by atoms with Crippen molar-refractivity contribution in [3.05, 3.63) is 0 Å². The summed E-state index contributed by atoms with van der Waals surface area (Å²) in [6.07, 6.45) is 3.77. The third-order valence-electron chi connectivity index (χ3n) is 6.60. The molecule has 0 bridgehead atoms. The molecule has 3 fully saturated rings. The van der Waals surface area contributed by atoms with E-state index < -0.39 is 0 Å². The van der Waals surface area contributed by atoms with Crippen LogP contribution in [0.5, 0.6) is 0 Å². The summed E-state index contributed by atoms with van der Waals surface area (Å²) >= 11 is 0. The van der Waals surface area contributed by atoms with E-state index in [1.165, 1.54) is 0 Å². The van der Waals surface area contributed by atoms with E-state index in [1.54, 1.807) is 7.11 Å². The van der Waals surface area contributed by atoms with Crippen molar-refractivity contribution in [3.8, 4) is 0 Å². The summed E-state index contributed by atoms with van der Waals surface area (Å²) in [5.41, 5.74) is -0.269. The second-order valence-electron chi connectivity index (χ2n) is 8.30. The minimum absolute atomic E-state index is 0.00745. The molecule has 3 rings (SSSR count). The first kappa shape index (κ1) is 17.5. The van der Waals surface area contributed by atoms with Crippen molar-refractivity contribution in [1.82, 2.24) is 15.1 Å².